The van der Waals surface area contributed by atoms with Crippen molar-refractivity contribution in [2.75, 3.05) is 13.7 Å². The van der Waals surface area contributed by atoms with E-state index in [1.165, 1.54) is 70.6 Å². The van der Waals surface area contributed by atoms with Crippen LogP contribution in [0, 0.1) is 0 Å². The predicted molar refractivity (Wildman–Crippen MR) is 93.3 cm³/mol. The Labute approximate surface area is 137 Å². The zero-order valence-electron chi connectivity index (χ0n) is 14.5. The molecular formula is C19H36O3. The van der Waals surface area contributed by atoms with Gasteiger partial charge < -0.3 is 9.84 Å². The maximum absolute atomic E-state index is 10.3. The molecule has 0 aliphatic carbocycles. The van der Waals surface area contributed by atoms with Crippen LogP contribution in [0.1, 0.15) is 89.9 Å². The monoisotopic (exact) mass is 312 g/mol. The van der Waals surface area contributed by atoms with Crippen LogP contribution in [0.2, 0.25) is 0 Å². The lowest BCUT2D eigenvalue weighted by Crippen LogP contribution is -1.93. The number of carboxylic acid groups (broad SMARTS) is 1. The second-order valence-corrected chi connectivity index (χ2v) is 6.07. The summed E-state index contributed by atoms with van der Waals surface area (Å²) >= 11 is 0. The minimum atomic E-state index is -0.667. The van der Waals surface area contributed by atoms with Crippen LogP contribution in [-0.4, -0.2) is 24.8 Å². The summed E-state index contributed by atoms with van der Waals surface area (Å²) in [5, 5.41) is 8.53. The van der Waals surface area contributed by atoms with Crippen molar-refractivity contribution in [3.8, 4) is 0 Å². The third-order valence-electron chi connectivity index (χ3n) is 3.90. The summed E-state index contributed by atoms with van der Waals surface area (Å²) in [5.41, 5.74) is 0. The van der Waals surface area contributed by atoms with Gasteiger partial charge in [0.1, 0.15) is 0 Å². The maximum Gasteiger partial charge on any atom is 0.303 e. The van der Waals surface area contributed by atoms with E-state index in [1.54, 1.807) is 7.11 Å². The lowest BCUT2D eigenvalue weighted by atomic mass is 10.1. The molecule has 0 aromatic carbocycles. The van der Waals surface area contributed by atoms with Crippen molar-refractivity contribution in [2.45, 2.75) is 89.9 Å². The summed E-state index contributed by atoms with van der Waals surface area (Å²) in [6, 6.07) is 0. The molecule has 0 saturated carbocycles. The van der Waals surface area contributed by atoms with Crippen LogP contribution in [0.15, 0.2) is 12.2 Å². The van der Waals surface area contributed by atoms with Gasteiger partial charge in [0.05, 0.1) is 0 Å². The SMILES string of the molecule is COCCCCCCCC=CCCCCCCCCC(=O)O. The lowest BCUT2D eigenvalue weighted by molar-refractivity contribution is -0.137. The van der Waals surface area contributed by atoms with Gasteiger partial charge in [-0.15, -0.1) is 0 Å². The smallest absolute Gasteiger partial charge is 0.303 e. The van der Waals surface area contributed by atoms with E-state index >= 15 is 0 Å². The number of aliphatic carboxylic acids is 1. The van der Waals surface area contributed by atoms with Gasteiger partial charge >= 0.3 is 5.97 Å². The number of allylic oxidation sites excluding steroid dienone is 2. The van der Waals surface area contributed by atoms with Crippen LogP contribution in [0.3, 0.4) is 0 Å². The summed E-state index contributed by atoms with van der Waals surface area (Å²) in [4.78, 5) is 10.3. The van der Waals surface area contributed by atoms with Gasteiger partial charge in [-0.2, -0.15) is 0 Å². The Hall–Kier alpha value is -0.830. The zero-order chi connectivity index (χ0) is 16.3. The Balaban J connectivity index is 3.07. The van der Waals surface area contributed by atoms with E-state index in [4.69, 9.17) is 9.84 Å². The molecule has 0 saturated heterocycles. The molecule has 22 heavy (non-hydrogen) atoms. The topological polar surface area (TPSA) is 46.5 Å². The van der Waals surface area contributed by atoms with Crippen LogP contribution in [0.25, 0.3) is 0 Å². The van der Waals surface area contributed by atoms with Crippen molar-refractivity contribution in [2.24, 2.45) is 0 Å². The molecule has 0 spiro atoms. The van der Waals surface area contributed by atoms with Gasteiger partial charge in [0, 0.05) is 20.1 Å². The molecule has 0 aromatic rings. The van der Waals surface area contributed by atoms with Crippen molar-refractivity contribution in [3.63, 3.8) is 0 Å². The number of hydrogen-bond acceptors (Lipinski definition) is 2. The number of rotatable bonds is 17. The highest BCUT2D eigenvalue weighted by Gasteiger charge is 1.96. The molecule has 0 heterocycles. The Kier molecular flexibility index (Phi) is 17.5. The van der Waals surface area contributed by atoms with Crippen molar-refractivity contribution < 1.29 is 14.6 Å². The quantitative estimate of drug-likeness (QED) is 0.275. The van der Waals surface area contributed by atoms with Crippen LogP contribution in [-0.2, 0) is 9.53 Å². The average molecular weight is 312 g/mol. The van der Waals surface area contributed by atoms with Crippen LogP contribution >= 0.6 is 0 Å². The molecule has 130 valence electrons. The van der Waals surface area contributed by atoms with Crippen molar-refractivity contribution >= 4 is 5.97 Å². The first-order valence-corrected chi connectivity index (χ1v) is 9.13. The van der Waals surface area contributed by atoms with Gasteiger partial charge in [0.25, 0.3) is 0 Å². The molecule has 0 unspecified atom stereocenters. The number of carbonyl (C=O) groups is 1. The number of hydrogen-bond donors (Lipinski definition) is 1. The molecule has 1 N–H and O–H groups in total. The highest BCUT2D eigenvalue weighted by molar-refractivity contribution is 5.66. The van der Waals surface area contributed by atoms with E-state index in [1.807, 2.05) is 0 Å². The van der Waals surface area contributed by atoms with Gasteiger partial charge in [0.15, 0.2) is 0 Å². The molecule has 0 aromatic heterocycles. The minimum absolute atomic E-state index is 0.328. The van der Waals surface area contributed by atoms with E-state index in [0.29, 0.717) is 6.42 Å². The molecule has 0 fully saturated rings. The fraction of sp³-hybridized carbons (Fsp3) is 0.842. The predicted octanol–water partition coefficient (Wildman–Crippen LogP) is 5.74. The zero-order valence-corrected chi connectivity index (χ0v) is 14.5. The van der Waals surface area contributed by atoms with Gasteiger partial charge in [-0.05, 0) is 38.5 Å². The van der Waals surface area contributed by atoms with Crippen LogP contribution < -0.4 is 0 Å². The molecule has 0 rings (SSSR count). The molecule has 3 nitrogen and oxygen atoms in total. The average Bonchev–Trinajstić information content (AvgIpc) is 2.50. The second kappa shape index (κ2) is 18.2. The molecule has 0 aliphatic heterocycles. The van der Waals surface area contributed by atoms with Crippen molar-refractivity contribution in [1.29, 1.82) is 0 Å². The first kappa shape index (κ1) is 21.2. The van der Waals surface area contributed by atoms with E-state index in [0.717, 1.165) is 19.4 Å². The Morgan fingerprint density at radius 2 is 1.23 bits per heavy atom. The van der Waals surface area contributed by atoms with Gasteiger partial charge in [0.2, 0.25) is 0 Å². The first-order chi connectivity index (χ1) is 10.8. The molecule has 0 amide bonds. The Morgan fingerprint density at radius 1 is 0.773 bits per heavy atom. The van der Waals surface area contributed by atoms with Crippen LogP contribution in [0.4, 0.5) is 0 Å². The van der Waals surface area contributed by atoms with Crippen molar-refractivity contribution in [1.82, 2.24) is 0 Å². The summed E-state index contributed by atoms with van der Waals surface area (Å²) in [6.07, 6.45) is 20.8. The number of carboxylic acids is 1. The summed E-state index contributed by atoms with van der Waals surface area (Å²) in [5.74, 6) is -0.667. The van der Waals surface area contributed by atoms with E-state index < -0.39 is 5.97 Å². The van der Waals surface area contributed by atoms with E-state index in [9.17, 15) is 4.79 Å². The third kappa shape index (κ3) is 19.2. The van der Waals surface area contributed by atoms with E-state index in [-0.39, 0.29) is 0 Å². The van der Waals surface area contributed by atoms with Crippen LogP contribution in [0.5, 0.6) is 0 Å². The summed E-state index contributed by atoms with van der Waals surface area (Å²) < 4.78 is 5.04. The third-order valence-corrected chi connectivity index (χ3v) is 3.90. The van der Waals surface area contributed by atoms with Gasteiger partial charge in [-0.3, -0.25) is 4.79 Å². The fourth-order valence-corrected chi connectivity index (χ4v) is 2.52. The highest BCUT2D eigenvalue weighted by atomic mass is 16.5. The molecule has 0 aliphatic rings. The number of unbranched alkanes of at least 4 members (excludes halogenated alkanes) is 11. The molecule has 3 heteroatoms. The Morgan fingerprint density at radius 3 is 1.73 bits per heavy atom. The van der Waals surface area contributed by atoms with Crippen molar-refractivity contribution in [3.05, 3.63) is 12.2 Å². The molecule has 0 bridgehead atoms. The lowest BCUT2D eigenvalue weighted by Gasteiger charge is -2.00. The standard InChI is InChI=1S/C19H36O3/c1-22-18-16-14-12-10-8-6-4-2-3-5-7-9-11-13-15-17-19(20)21/h2,4H,3,5-18H2,1H3,(H,20,21). The summed E-state index contributed by atoms with van der Waals surface area (Å²) in [7, 11) is 1.77. The second-order valence-electron chi connectivity index (χ2n) is 6.07. The highest BCUT2D eigenvalue weighted by Crippen LogP contribution is 2.10. The summed E-state index contributed by atoms with van der Waals surface area (Å²) in [6.45, 7) is 0.902. The fourth-order valence-electron chi connectivity index (χ4n) is 2.52. The maximum atomic E-state index is 10.3. The molecular weight excluding hydrogens is 276 g/mol. The first-order valence-electron chi connectivity index (χ1n) is 9.13. The normalized spacial score (nSPS) is 11.3. The Bertz CT molecular complexity index is 261. The largest absolute Gasteiger partial charge is 0.481 e. The van der Waals surface area contributed by atoms with Gasteiger partial charge in [-0.25, -0.2) is 0 Å². The molecule has 0 radical (unpaired) electrons. The van der Waals surface area contributed by atoms with Gasteiger partial charge in [-0.1, -0.05) is 57.1 Å². The minimum Gasteiger partial charge on any atom is -0.481 e. The molecule has 0 atom stereocenters. The number of methoxy groups -OCH3 is 1. The number of ether oxygens (including phenoxy) is 1. The van der Waals surface area contributed by atoms with E-state index in [2.05, 4.69) is 12.2 Å².